The molecule has 1 unspecified atom stereocenters. The summed E-state index contributed by atoms with van der Waals surface area (Å²) in [4.78, 5) is 25.3. The van der Waals surface area contributed by atoms with Crippen LogP contribution in [-0.4, -0.2) is 48.7 Å². The number of ether oxygens (including phenoxy) is 2. The number of carboxylic acids is 1. The summed E-state index contributed by atoms with van der Waals surface area (Å²) in [6.45, 7) is 3.00. The highest BCUT2D eigenvalue weighted by Crippen LogP contribution is 2.37. The molecule has 0 aliphatic carbocycles. The van der Waals surface area contributed by atoms with Gasteiger partial charge < -0.3 is 19.5 Å². The lowest BCUT2D eigenvalue weighted by atomic mass is 9.97. The Balaban J connectivity index is 2.25. The van der Waals surface area contributed by atoms with Crippen LogP contribution in [0.4, 0.5) is 0 Å². The molecule has 1 heterocycles. The number of methoxy groups -OCH3 is 1. The molecule has 7 heteroatoms. The number of carbonyl (C=O) groups excluding carboxylic acids is 1. The van der Waals surface area contributed by atoms with E-state index in [1.807, 2.05) is 6.92 Å². The number of hydrogen-bond acceptors (Lipinski definition) is 4. The quantitative estimate of drug-likeness (QED) is 0.891. The lowest BCUT2D eigenvalue weighted by Gasteiger charge is -2.31. The summed E-state index contributed by atoms with van der Waals surface area (Å²) in [7, 11) is 1.48. The van der Waals surface area contributed by atoms with Crippen molar-refractivity contribution < 1.29 is 24.2 Å². The van der Waals surface area contributed by atoms with Crippen LogP contribution in [0.1, 0.15) is 30.1 Å². The van der Waals surface area contributed by atoms with E-state index in [-0.39, 0.29) is 12.5 Å². The fourth-order valence-electron chi connectivity index (χ4n) is 2.67. The Kier molecular flexibility index (Phi) is 5.71. The van der Waals surface area contributed by atoms with Crippen LogP contribution in [0.25, 0.3) is 0 Å². The standard InChI is InChI=1S/C16H20ClNO5/c1-3-23-14-12(17)7-11(8-13(14)22-2)15(19)18-6-4-5-10(9-18)16(20)21/h7-8,10H,3-6,9H2,1-2H3,(H,20,21). The molecule has 1 aliphatic rings. The van der Waals surface area contributed by atoms with Gasteiger partial charge in [0.2, 0.25) is 0 Å². The number of amides is 1. The second-order valence-corrected chi connectivity index (χ2v) is 5.76. The highest BCUT2D eigenvalue weighted by molar-refractivity contribution is 6.32. The van der Waals surface area contributed by atoms with Crippen molar-refractivity contribution in [1.29, 1.82) is 0 Å². The van der Waals surface area contributed by atoms with Gasteiger partial charge in [0, 0.05) is 18.7 Å². The highest BCUT2D eigenvalue weighted by Gasteiger charge is 2.29. The molecule has 1 saturated heterocycles. The average Bonchev–Trinajstić information content (AvgIpc) is 2.56. The Hall–Kier alpha value is -1.95. The molecule has 1 amide bonds. The number of nitrogens with zero attached hydrogens (tertiary/aromatic N) is 1. The zero-order valence-corrected chi connectivity index (χ0v) is 13.9. The van der Waals surface area contributed by atoms with Crippen molar-refractivity contribution in [2.45, 2.75) is 19.8 Å². The molecule has 2 rings (SSSR count). The number of piperidine rings is 1. The minimum Gasteiger partial charge on any atom is -0.493 e. The first-order valence-electron chi connectivity index (χ1n) is 7.50. The summed E-state index contributed by atoms with van der Waals surface area (Å²) in [5, 5.41) is 9.43. The van der Waals surface area contributed by atoms with Gasteiger partial charge in [-0.2, -0.15) is 0 Å². The van der Waals surface area contributed by atoms with Crippen LogP contribution < -0.4 is 9.47 Å². The van der Waals surface area contributed by atoms with Gasteiger partial charge in [0.25, 0.3) is 5.91 Å². The van der Waals surface area contributed by atoms with E-state index >= 15 is 0 Å². The van der Waals surface area contributed by atoms with Gasteiger partial charge in [-0.25, -0.2) is 0 Å². The molecular weight excluding hydrogens is 322 g/mol. The van der Waals surface area contributed by atoms with Crippen LogP contribution in [-0.2, 0) is 4.79 Å². The van der Waals surface area contributed by atoms with Crippen LogP contribution in [0, 0.1) is 5.92 Å². The van der Waals surface area contributed by atoms with Crippen molar-refractivity contribution in [2.24, 2.45) is 5.92 Å². The number of aliphatic carboxylic acids is 1. The molecule has 0 spiro atoms. The van der Waals surface area contributed by atoms with Crippen LogP contribution in [0.15, 0.2) is 12.1 Å². The number of halogens is 1. The van der Waals surface area contributed by atoms with Gasteiger partial charge in [-0.05, 0) is 31.9 Å². The van der Waals surface area contributed by atoms with E-state index in [1.54, 1.807) is 11.0 Å². The van der Waals surface area contributed by atoms with Gasteiger partial charge in [0.1, 0.15) is 0 Å². The maximum atomic E-state index is 12.6. The molecule has 1 N–H and O–H groups in total. The van der Waals surface area contributed by atoms with Crippen molar-refractivity contribution in [3.63, 3.8) is 0 Å². The van der Waals surface area contributed by atoms with E-state index in [0.717, 1.165) is 0 Å². The smallest absolute Gasteiger partial charge is 0.308 e. The van der Waals surface area contributed by atoms with Crippen molar-refractivity contribution in [2.75, 3.05) is 26.8 Å². The summed E-state index contributed by atoms with van der Waals surface area (Å²) in [6, 6.07) is 3.10. The maximum absolute atomic E-state index is 12.6. The van der Waals surface area contributed by atoms with E-state index in [1.165, 1.54) is 13.2 Å². The SMILES string of the molecule is CCOc1c(Cl)cc(C(=O)N2CCCC(C(=O)O)C2)cc1OC. The average molecular weight is 342 g/mol. The molecule has 0 bridgehead atoms. The van der Waals surface area contributed by atoms with E-state index in [0.29, 0.717) is 48.1 Å². The van der Waals surface area contributed by atoms with Gasteiger partial charge in [-0.1, -0.05) is 11.6 Å². The van der Waals surface area contributed by atoms with Crippen LogP contribution in [0.3, 0.4) is 0 Å². The van der Waals surface area contributed by atoms with Crippen molar-refractivity contribution >= 4 is 23.5 Å². The predicted octanol–water partition coefficient (Wildman–Crippen LogP) is 2.68. The van der Waals surface area contributed by atoms with E-state index < -0.39 is 11.9 Å². The molecule has 6 nitrogen and oxygen atoms in total. The van der Waals surface area contributed by atoms with Crippen molar-refractivity contribution in [1.82, 2.24) is 4.90 Å². The Morgan fingerprint density at radius 3 is 2.78 bits per heavy atom. The normalized spacial score (nSPS) is 17.7. The van der Waals surface area contributed by atoms with Gasteiger partial charge in [0.05, 0.1) is 24.7 Å². The zero-order chi connectivity index (χ0) is 17.0. The molecule has 0 saturated carbocycles. The van der Waals surface area contributed by atoms with E-state index in [9.17, 15) is 9.59 Å². The third-order valence-electron chi connectivity index (χ3n) is 3.82. The number of hydrogen-bond donors (Lipinski definition) is 1. The van der Waals surface area contributed by atoms with Crippen molar-refractivity contribution in [3.05, 3.63) is 22.7 Å². The Bertz CT molecular complexity index is 604. The summed E-state index contributed by atoms with van der Waals surface area (Å²) in [6.07, 6.45) is 1.26. The predicted molar refractivity (Wildman–Crippen MR) is 85.4 cm³/mol. The Labute approximate surface area is 139 Å². The molecule has 1 aromatic rings. The Morgan fingerprint density at radius 2 is 2.17 bits per heavy atom. The van der Waals surface area contributed by atoms with E-state index in [2.05, 4.69) is 0 Å². The molecule has 1 fully saturated rings. The lowest BCUT2D eigenvalue weighted by molar-refractivity contribution is -0.143. The molecule has 1 aromatic carbocycles. The maximum Gasteiger partial charge on any atom is 0.308 e. The van der Waals surface area contributed by atoms with Gasteiger partial charge in [-0.3, -0.25) is 9.59 Å². The number of carboxylic acid groups (broad SMARTS) is 1. The monoisotopic (exact) mass is 341 g/mol. The van der Waals surface area contributed by atoms with Gasteiger partial charge in [-0.15, -0.1) is 0 Å². The first-order chi connectivity index (χ1) is 11.0. The molecule has 0 radical (unpaired) electrons. The molecule has 1 atom stereocenters. The first-order valence-corrected chi connectivity index (χ1v) is 7.88. The minimum absolute atomic E-state index is 0.210. The lowest BCUT2D eigenvalue weighted by Crippen LogP contribution is -2.42. The molecule has 23 heavy (non-hydrogen) atoms. The Morgan fingerprint density at radius 1 is 1.43 bits per heavy atom. The van der Waals surface area contributed by atoms with Crippen LogP contribution >= 0.6 is 11.6 Å². The van der Waals surface area contributed by atoms with Gasteiger partial charge >= 0.3 is 5.97 Å². The highest BCUT2D eigenvalue weighted by atomic mass is 35.5. The van der Waals surface area contributed by atoms with Crippen LogP contribution in [0.2, 0.25) is 5.02 Å². The summed E-state index contributed by atoms with van der Waals surface area (Å²) < 4.78 is 10.7. The topological polar surface area (TPSA) is 76.1 Å². The summed E-state index contributed by atoms with van der Waals surface area (Å²) >= 11 is 6.18. The van der Waals surface area contributed by atoms with Gasteiger partial charge in [0.15, 0.2) is 11.5 Å². The number of carbonyl (C=O) groups is 2. The molecule has 1 aliphatic heterocycles. The number of rotatable bonds is 5. The fraction of sp³-hybridized carbons (Fsp3) is 0.500. The van der Waals surface area contributed by atoms with Crippen molar-refractivity contribution in [3.8, 4) is 11.5 Å². The zero-order valence-electron chi connectivity index (χ0n) is 13.2. The number of likely N-dealkylation sites (tertiary alicyclic amines) is 1. The summed E-state index contributed by atoms with van der Waals surface area (Å²) in [5.74, 6) is -0.860. The second kappa shape index (κ2) is 7.55. The molecule has 0 aromatic heterocycles. The molecule has 126 valence electrons. The first kappa shape index (κ1) is 17.4. The van der Waals surface area contributed by atoms with Crippen LogP contribution in [0.5, 0.6) is 11.5 Å². The fourth-order valence-corrected chi connectivity index (χ4v) is 2.94. The summed E-state index contributed by atoms with van der Waals surface area (Å²) in [5.41, 5.74) is 0.362. The third-order valence-corrected chi connectivity index (χ3v) is 4.10. The third kappa shape index (κ3) is 3.88. The second-order valence-electron chi connectivity index (χ2n) is 5.35. The minimum atomic E-state index is -0.871. The molecular formula is C16H20ClNO5. The number of benzene rings is 1. The van der Waals surface area contributed by atoms with E-state index in [4.69, 9.17) is 26.2 Å². The largest absolute Gasteiger partial charge is 0.493 e.